The molecule has 0 aliphatic carbocycles. The average Bonchev–Trinajstić information content (AvgIpc) is 2.90. The number of aromatic nitrogens is 3. The molecule has 0 N–H and O–H groups in total. The predicted molar refractivity (Wildman–Crippen MR) is 84.2 cm³/mol. The lowest BCUT2D eigenvalue weighted by molar-refractivity contribution is 0.628. The van der Waals surface area contributed by atoms with Gasteiger partial charge in [-0.15, -0.1) is 11.8 Å². The second-order valence-corrected chi connectivity index (χ2v) is 6.45. The van der Waals surface area contributed by atoms with Gasteiger partial charge < -0.3 is 0 Å². The highest BCUT2D eigenvalue weighted by molar-refractivity contribution is 7.99. The summed E-state index contributed by atoms with van der Waals surface area (Å²) in [5.41, 5.74) is 1.71. The van der Waals surface area contributed by atoms with Gasteiger partial charge in [0.25, 0.3) is 0 Å². The van der Waals surface area contributed by atoms with Crippen molar-refractivity contribution in [1.82, 2.24) is 15.0 Å². The summed E-state index contributed by atoms with van der Waals surface area (Å²) < 4.78 is 13.0. The van der Waals surface area contributed by atoms with Gasteiger partial charge in [-0.3, -0.25) is 0 Å². The molecular weight excluding hydrogens is 313 g/mol. The van der Waals surface area contributed by atoms with E-state index < -0.39 is 0 Å². The van der Waals surface area contributed by atoms with E-state index in [0.717, 1.165) is 31.1 Å². The molecule has 1 aromatic carbocycles. The number of rotatable bonds is 3. The molecule has 0 aliphatic rings. The Morgan fingerprint density at radius 3 is 2.40 bits per heavy atom. The van der Waals surface area contributed by atoms with Gasteiger partial charge in [-0.05, 0) is 36.8 Å². The summed E-state index contributed by atoms with van der Waals surface area (Å²) in [6, 6.07) is 6.34. The lowest BCUT2D eigenvalue weighted by Crippen LogP contribution is -1.89. The first-order chi connectivity index (χ1) is 9.71. The predicted octanol–water partition coefficient (Wildman–Crippen LogP) is 4.34. The minimum Gasteiger partial charge on any atom is -0.231 e. The molecule has 3 nitrogen and oxygen atoms in total. The monoisotopic (exact) mass is 323 g/mol. The zero-order chi connectivity index (χ0) is 14.1. The van der Waals surface area contributed by atoms with E-state index in [4.69, 9.17) is 0 Å². The summed E-state index contributed by atoms with van der Waals surface area (Å²) in [7, 11) is 0. The molecule has 0 unspecified atom stereocenters. The van der Waals surface area contributed by atoms with Crippen LogP contribution in [0.1, 0.15) is 0 Å². The molecule has 2 aromatic heterocycles. The van der Waals surface area contributed by atoms with E-state index in [0.29, 0.717) is 0 Å². The van der Waals surface area contributed by atoms with Crippen LogP contribution in [0.3, 0.4) is 0 Å². The Morgan fingerprint density at radius 2 is 1.75 bits per heavy atom. The van der Waals surface area contributed by atoms with Crippen molar-refractivity contribution in [3.05, 3.63) is 30.1 Å². The molecule has 2 heterocycles. The van der Waals surface area contributed by atoms with E-state index in [9.17, 15) is 4.39 Å². The van der Waals surface area contributed by atoms with E-state index in [1.165, 1.54) is 35.2 Å². The van der Waals surface area contributed by atoms with Crippen molar-refractivity contribution in [2.24, 2.45) is 0 Å². The molecule has 0 saturated heterocycles. The van der Waals surface area contributed by atoms with Crippen molar-refractivity contribution in [3.8, 4) is 10.6 Å². The first-order valence-corrected chi connectivity index (χ1v) is 9.00. The highest BCUT2D eigenvalue weighted by atomic mass is 32.2. The van der Waals surface area contributed by atoms with Crippen molar-refractivity contribution in [2.75, 3.05) is 12.5 Å². The van der Waals surface area contributed by atoms with Gasteiger partial charge in [0.1, 0.15) is 26.2 Å². The molecular formula is C13H10FN3S3. The Bertz CT molecular complexity index is 755. The van der Waals surface area contributed by atoms with E-state index in [1.54, 1.807) is 23.9 Å². The standard InChI is InChI=1S/C13H10FN3S3/c1-18-11-9-12(17-13(16-11)19-2)20-10(15-9)7-3-5-8(14)6-4-7/h3-6H,1-2H3. The summed E-state index contributed by atoms with van der Waals surface area (Å²) in [4.78, 5) is 14.4. The molecule has 102 valence electrons. The third-order valence-corrected chi connectivity index (χ3v) is 4.89. The Kier molecular flexibility index (Phi) is 3.91. The Balaban J connectivity index is 2.16. The molecule has 20 heavy (non-hydrogen) atoms. The number of benzene rings is 1. The molecule has 3 aromatic rings. The van der Waals surface area contributed by atoms with Gasteiger partial charge in [0.2, 0.25) is 0 Å². The van der Waals surface area contributed by atoms with Gasteiger partial charge in [-0.25, -0.2) is 19.3 Å². The van der Waals surface area contributed by atoms with Crippen molar-refractivity contribution >= 4 is 45.2 Å². The second-order valence-electron chi connectivity index (χ2n) is 3.90. The largest absolute Gasteiger partial charge is 0.231 e. The van der Waals surface area contributed by atoms with Crippen molar-refractivity contribution in [2.45, 2.75) is 10.2 Å². The van der Waals surface area contributed by atoms with E-state index in [1.807, 2.05) is 12.5 Å². The maximum absolute atomic E-state index is 13.0. The van der Waals surface area contributed by atoms with Crippen LogP contribution in [-0.4, -0.2) is 27.5 Å². The zero-order valence-electron chi connectivity index (χ0n) is 10.8. The second kappa shape index (κ2) is 5.67. The Morgan fingerprint density at radius 1 is 1.00 bits per heavy atom. The average molecular weight is 323 g/mol. The highest BCUT2D eigenvalue weighted by Crippen LogP contribution is 2.33. The first-order valence-electron chi connectivity index (χ1n) is 5.73. The number of nitrogens with zero attached hydrogens (tertiary/aromatic N) is 3. The molecule has 0 fully saturated rings. The summed E-state index contributed by atoms with van der Waals surface area (Å²) in [5.74, 6) is -0.246. The summed E-state index contributed by atoms with van der Waals surface area (Å²) >= 11 is 4.58. The highest BCUT2D eigenvalue weighted by Gasteiger charge is 2.13. The number of thiazole rings is 1. The summed E-state index contributed by atoms with van der Waals surface area (Å²) in [6.45, 7) is 0. The van der Waals surface area contributed by atoms with Crippen LogP contribution in [0.5, 0.6) is 0 Å². The molecule has 0 radical (unpaired) electrons. The molecule has 0 bridgehead atoms. The Labute approximate surface area is 128 Å². The lowest BCUT2D eigenvalue weighted by Gasteiger charge is -1.98. The van der Waals surface area contributed by atoms with Gasteiger partial charge >= 0.3 is 0 Å². The maximum atomic E-state index is 13.0. The number of halogens is 1. The molecule has 0 amide bonds. The fourth-order valence-corrected chi connectivity index (χ4v) is 3.73. The van der Waals surface area contributed by atoms with Gasteiger partial charge in [0.15, 0.2) is 5.16 Å². The van der Waals surface area contributed by atoms with Gasteiger partial charge in [-0.1, -0.05) is 23.1 Å². The van der Waals surface area contributed by atoms with Crippen LogP contribution in [0.4, 0.5) is 4.39 Å². The summed E-state index contributed by atoms with van der Waals surface area (Å²) in [6.07, 6.45) is 3.93. The van der Waals surface area contributed by atoms with Gasteiger partial charge in [0.05, 0.1) is 0 Å². The van der Waals surface area contributed by atoms with Crippen molar-refractivity contribution in [3.63, 3.8) is 0 Å². The fourth-order valence-electron chi connectivity index (χ4n) is 1.73. The molecule has 0 aliphatic heterocycles. The molecule has 0 spiro atoms. The number of hydrogen-bond donors (Lipinski definition) is 0. The molecule has 3 rings (SSSR count). The molecule has 7 heteroatoms. The van der Waals surface area contributed by atoms with Crippen LogP contribution in [0.15, 0.2) is 34.4 Å². The number of fused-ring (bicyclic) bond motifs is 1. The first kappa shape index (κ1) is 13.8. The van der Waals surface area contributed by atoms with E-state index in [2.05, 4.69) is 15.0 Å². The quantitative estimate of drug-likeness (QED) is 0.407. The third kappa shape index (κ3) is 2.53. The van der Waals surface area contributed by atoms with Crippen LogP contribution in [-0.2, 0) is 0 Å². The van der Waals surface area contributed by atoms with Crippen LogP contribution >= 0.6 is 34.9 Å². The van der Waals surface area contributed by atoms with Crippen LogP contribution in [0, 0.1) is 5.82 Å². The third-order valence-electron chi connectivity index (χ3n) is 2.67. The SMILES string of the molecule is CSc1nc(SC)c2nc(-c3ccc(F)cc3)sc2n1. The lowest BCUT2D eigenvalue weighted by atomic mass is 10.2. The molecule has 0 saturated carbocycles. The minimum atomic E-state index is -0.246. The summed E-state index contributed by atoms with van der Waals surface area (Å²) in [5, 5.41) is 2.46. The normalized spacial score (nSPS) is 11.2. The van der Waals surface area contributed by atoms with Gasteiger partial charge in [0, 0.05) is 5.56 Å². The van der Waals surface area contributed by atoms with E-state index in [-0.39, 0.29) is 5.82 Å². The van der Waals surface area contributed by atoms with Crippen molar-refractivity contribution in [1.29, 1.82) is 0 Å². The molecule has 0 atom stereocenters. The topological polar surface area (TPSA) is 38.7 Å². The fraction of sp³-hybridized carbons (Fsp3) is 0.154. The Hall–Kier alpha value is -1.18. The number of hydrogen-bond acceptors (Lipinski definition) is 6. The number of thioether (sulfide) groups is 2. The van der Waals surface area contributed by atoms with Crippen LogP contribution in [0.2, 0.25) is 0 Å². The zero-order valence-corrected chi connectivity index (χ0v) is 13.2. The maximum Gasteiger partial charge on any atom is 0.189 e. The van der Waals surface area contributed by atoms with Crippen molar-refractivity contribution < 1.29 is 4.39 Å². The van der Waals surface area contributed by atoms with E-state index >= 15 is 0 Å². The van der Waals surface area contributed by atoms with Gasteiger partial charge in [-0.2, -0.15) is 0 Å². The van der Waals surface area contributed by atoms with Crippen LogP contribution < -0.4 is 0 Å². The minimum absolute atomic E-state index is 0.246. The van der Waals surface area contributed by atoms with Crippen LogP contribution in [0.25, 0.3) is 20.9 Å². The smallest absolute Gasteiger partial charge is 0.189 e.